The van der Waals surface area contributed by atoms with Crippen molar-refractivity contribution in [3.63, 3.8) is 0 Å². The van der Waals surface area contributed by atoms with Gasteiger partial charge in [-0.25, -0.2) is 0 Å². The number of aliphatic carboxylic acids is 1. The topological polar surface area (TPSA) is 43.8 Å². The lowest BCUT2D eigenvalue weighted by Gasteiger charge is -2.50. The Labute approximate surface area is 103 Å². The molecule has 4 rings (SSSR count). The number of rotatable bonds is 2. The maximum atomic E-state index is 10.9. The number of likely N-dealkylation sites (tertiary alicyclic amines) is 1. The molecule has 0 aromatic rings. The Morgan fingerprint density at radius 1 is 1.00 bits per heavy atom. The zero-order valence-corrected chi connectivity index (χ0v) is 10.3. The van der Waals surface area contributed by atoms with Crippen LogP contribution in [-0.4, -0.2) is 59.6 Å². The molecule has 2 bridgehead atoms. The van der Waals surface area contributed by atoms with Crippen LogP contribution in [0.3, 0.4) is 0 Å². The van der Waals surface area contributed by atoms with Crippen LogP contribution in [0.2, 0.25) is 0 Å². The summed E-state index contributed by atoms with van der Waals surface area (Å²) in [5.41, 5.74) is 0. The first kappa shape index (κ1) is 11.5. The van der Waals surface area contributed by atoms with E-state index < -0.39 is 5.97 Å². The molecule has 1 N–H and O–H groups in total. The van der Waals surface area contributed by atoms with Crippen LogP contribution in [0, 0.1) is 11.8 Å². The number of carboxylic acids is 1. The summed E-state index contributed by atoms with van der Waals surface area (Å²) < 4.78 is 0. The molecule has 0 saturated carbocycles. The molecular formula is C13H22N2O2. The van der Waals surface area contributed by atoms with Gasteiger partial charge in [0.05, 0.1) is 5.92 Å². The number of carboxylic acid groups (broad SMARTS) is 1. The second kappa shape index (κ2) is 4.58. The van der Waals surface area contributed by atoms with Crippen LogP contribution in [0.1, 0.15) is 25.7 Å². The predicted molar refractivity (Wildman–Crippen MR) is 64.9 cm³/mol. The van der Waals surface area contributed by atoms with Gasteiger partial charge in [-0.2, -0.15) is 0 Å². The maximum absolute atomic E-state index is 10.9. The fourth-order valence-electron chi connectivity index (χ4n) is 3.83. The van der Waals surface area contributed by atoms with E-state index in [0.717, 1.165) is 31.8 Å². The van der Waals surface area contributed by atoms with E-state index in [1.165, 1.54) is 32.5 Å². The highest BCUT2D eigenvalue weighted by atomic mass is 16.4. The molecule has 0 spiro atoms. The molecule has 4 fully saturated rings. The minimum Gasteiger partial charge on any atom is -0.481 e. The zero-order valence-electron chi connectivity index (χ0n) is 10.3. The highest BCUT2D eigenvalue weighted by molar-refractivity contribution is 5.70. The van der Waals surface area contributed by atoms with Crippen molar-refractivity contribution in [2.75, 3.05) is 32.7 Å². The third-order valence-corrected chi connectivity index (χ3v) is 4.97. The molecule has 4 aliphatic heterocycles. The third kappa shape index (κ3) is 2.20. The summed E-state index contributed by atoms with van der Waals surface area (Å²) in [6, 6.07) is 0.715. The first-order chi connectivity index (χ1) is 8.24. The lowest BCUT2D eigenvalue weighted by atomic mass is 9.82. The van der Waals surface area contributed by atoms with Gasteiger partial charge in [0.15, 0.2) is 0 Å². The van der Waals surface area contributed by atoms with E-state index in [0.29, 0.717) is 6.04 Å². The molecule has 0 radical (unpaired) electrons. The van der Waals surface area contributed by atoms with Crippen molar-refractivity contribution < 1.29 is 9.90 Å². The van der Waals surface area contributed by atoms with Gasteiger partial charge in [0.25, 0.3) is 0 Å². The standard InChI is InChI=1S/C13H22N2O2/c16-13(17)11-3-7-15(8-4-11)12-9-14-5-1-10(12)2-6-14/h10-12H,1-9H2,(H,16,17). The quantitative estimate of drug-likeness (QED) is 0.775. The van der Waals surface area contributed by atoms with Crippen molar-refractivity contribution in [1.29, 1.82) is 0 Å². The summed E-state index contributed by atoms with van der Waals surface area (Å²) in [7, 11) is 0. The average molecular weight is 238 g/mol. The molecule has 4 aliphatic rings. The Kier molecular flexibility index (Phi) is 3.09. The lowest BCUT2D eigenvalue weighted by Crippen LogP contribution is -2.58. The van der Waals surface area contributed by atoms with E-state index in [9.17, 15) is 4.79 Å². The van der Waals surface area contributed by atoms with Crippen molar-refractivity contribution in [3.8, 4) is 0 Å². The summed E-state index contributed by atoms with van der Waals surface area (Å²) in [4.78, 5) is 16.1. The van der Waals surface area contributed by atoms with Crippen LogP contribution in [0.4, 0.5) is 0 Å². The fourth-order valence-corrected chi connectivity index (χ4v) is 3.83. The summed E-state index contributed by atoms with van der Waals surface area (Å²) >= 11 is 0. The Morgan fingerprint density at radius 2 is 1.65 bits per heavy atom. The first-order valence-electron chi connectivity index (χ1n) is 6.93. The summed E-state index contributed by atoms with van der Waals surface area (Å²) in [6.45, 7) is 5.78. The van der Waals surface area contributed by atoms with Crippen molar-refractivity contribution in [2.24, 2.45) is 11.8 Å². The average Bonchev–Trinajstić information content (AvgIpc) is 2.40. The summed E-state index contributed by atoms with van der Waals surface area (Å²) in [5, 5.41) is 9.01. The molecule has 96 valence electrons. The van der Waals surface area contributed by atoms with Crippen LogP contribution < -0.4 is 0 Å². The van der Waals surface area contributed by atoms with Crippen LogP contribution in [-0.2, 0) is 4.79 Å². The fraction of sp³-hybridized carbons (Fsp3) is 0.923. The van der Waals surface area contributed by atoms with E-state index in [4.69, 9.17) is 5.11 Å². The highest BCUT2D eigenvalue weighted by Gasteiger charge is 2.39. The Hall–Kier alpha value is -0.610. The molecule has 17 heavy (non-hydrogen) atoms. The Morgan fingerprint density at radius 3 is 2.12 bits per heavy atom. The van der Waals surface area contributed by atoms with E-state index in [1.54, 1.807) is 0 Å². The van der Waals surface area contributed by atoms with Crippen LogP contribution in [0.15, 0.2) is 0 Å². The van der Waals surface area contributed by atoms with Gasteiger partial charge in [-0.05, 0) is 57.8 Å². The molecule has 4 heteroatoms. The van der Waals surface area contributed by atoms with Crippen molar-refractivity contribution >= 4 is 5.97 Å². The Bertz CT molecular complexity index is 292. The van der Waals surface area contributed by atoms with Crippen LogP contribution >= 0.6 is 0 Å². The van der Waals surface area contributed by atoms with Crippen molar-refractivity contribution in [3.05, 3.63) is 0 Å². The molecule has 0 amide bonds. The second-order valence-corrected chi connectivity index (χ2v) is 5.85. The second-order valence-electron chi connectivity index (χ2n) is 5.85. The van der Waals surface area contributed by atoms with E-state index in [2.05, 4.69) is 9.80 Å². The molecule has 0 aromatic heterocycles. The van der Waals surface area contributed by atoms with Gasteiger partial charge in [0.2, 0.25) is 0 Å². The van der Waals surface area contributed by atoms with Gasteiger partial charge >= 0.3 is 5.97 Å². The molecule has 0 aliphatic carbocycles. The van der Waals surface area contributed by atoms with Crippen LogP contribution in [0.5, 0.6) is 0 Å². The minimum atomic E-state index is -0.599. The zero-order chi connectivity index (χ0) is 11.8. The van der Waals surface area contributed by atoms with E-state index in [-0.39, 0.29) is 5.92 Å². The number of piperidine rings is 4. The highest BCUT2D eigenvalue weighted by Crippen LogP contribution is 2.32. The monoisotopic (exact) mass is 238 g/mol. The summed E-state index contributed by atoms with van der Waals surface area (Å²) in [5.74, 6) is 0.187. The number of hydrogen-bond donors (Lipinski definition) is 1. The van der Waals surface area contributed by atoms with Crippen molar-refractivity contribution in [2.45, 2.75) is 31.7 Å². The molecule has 0 aromatic carbocycles. The number of carbonyl (C=O) groups is 1. The van der Waals surface area contributed by atoms with Gasteiger partial charge in [-0.1, -0.05) is 0 Å². The van der Waals surface area contributed by atoms with Gasteiger partial charge < -0.3 is 10.0 Å². The number of nitrogens with zero attached hydrogens (tertiary/aromatic N) is 2. The van der Waals surface area contributed by atoms with Gasteiger partial charge in [-0.15, -0.1) is 0 Å². The number of hydrogen-bond acceptors (Lipinski definition) is 3. The molecule has 1 atom stereocenters. The van der Waals surface area contributed by atoms with Gasteiger partial charge in [0, 0.05) is 12.6 Å². The normalized spacial score (nSPS) is 39.4. The van der Waals surface area contributed by atoms with Gasteiger partial charge in [0.1, 0.15) is 0 Å². The van der Waals surface area contributed by atoms with E-state index >= 15 is 0 Å². The van der Waals surface area contributed by atoms with E-state index in [1.807, 2.05) is 0 Å². The van der Waals surface area contributed by atoms with Crippen molar-refractivity contribution in [1.82, 2.24) is 9.80 Å². The van der Waals surface area contributed by atoms with Gasteiger partial charge in [-0.3, -0.25) is 9.69 Å². The third-order valence-electron chi connectivity index (χ3n) is 4.97. The SMILES string of the molecule is O=C(O)C1CCN(C2CN3CCC2CC3)CC1. The molecule has 1 unspecified atom stereocenters. The molecule has 4 heterocycles. The minimum absolute atomic E-state index is 0.0904. The largest absolute Gasteiger partial charge is 0.481 e. The number of fused-ring (bicyclic) bond motifs is 3. The molecule has 4 saturated heterocycles. The lowest BCUT2D eigenvalue weighted by molar-refractivity contribution is -0.143. The first-order valence-corrected chi connectivity index (χ1v) is 6.93. The maximum Gasteiger partial charge on any atom is 0.306 e. The predicted octanol–water partition coefficient (Wildman–Crippen LogP) is 0.877. The molecular weight excluding hydrogens is 216 g/mol. The van der Waals surface area contributed by atoms with Crippen LogP contribution in [0.25, 0.3) is 0 Å². The summed E-state index contributed by atoms with van der Waals surface area (Å²) in [6.07, 6.45) is 4.39. The molecule has 4 nitrogen and oxygen atoms in total. The Balaban J connectivity index is 1.58. The smallest absolute Gasteiger partial charge is 0.306 e.